The Morgan fingerprint density at radius 3 is 2.48 bits per heavy atom. The maximum absolute atomic E-state index is 14.2. The monoisotopic (exact) mass is 365 g/mol. The fraction of sp³-hybridized carbons (Fsp3) is 0.400. The minimum absolute atomic E-state index is 0.0385. The Labute approximate surface area is 141 Å². The van der Waals surface area contributed by atoms with Crippen LogP contribution >= 0.6 is 23.2 Å². The lowest BCUT2D eigenvalue weighted by Gasteiger charge is -2.15. The average molecular weight is 366 g/mol. The molecule has 4 nitrogen and oxygen atoms in total. The molecule has 0 aliphatic carbocycles. The first-order valence-corrected chi connectivity index (χ1v) is 7.52. The fourth-order valence-corrected chi connectivity index (χ4v) is 2.66. The molecule has 0 radical (unpaired) electrons. The summed E-state index contributed by atoms with van der Waals surface area (Å²) < 4.78 is 37.6. The van der Waals surface area contributed by atoms with Crippen molar-refractivity contribution >= 4 is 23.2 Å². The van der Waals surface area contributed by atoms with Gasteiger partial charge in [-0.25, -0.2) is 18.1 Å². The molecule has 2 aromatic rings. The summed E-state index contributed by atoms with van der Waals surface area (Å²) in [6, 6.07) is 2.15. The van der Waals surface area contributed by atoms with Gasteiger partial charge in [0.1, 0.15) is 24.8 Å². The first-order valence-electron chi connectivity index (χ1n) is 6.76. The van der Waals surface area contributed by atoms with Crippen molar-refractivity contribution in [3.8, 4) is 11.4 Å². The van der Waals surface area contributed by atoms with E-state index in [1.165, 1.54) is 6.07 Å². The third kappa shape index (κ3) is 3.53. The predicted molar refractivity (Wildman–Crippen MR) is 84.5 cm³/mol. The van der Waals surface area contributed by atoms with Crippen LogP contribution in [0.3, 0.4) is 0 Å². The van der Waals surface area contributed by atoms with E-state index in [2.05, 4.69) is 0 Å². The van der Waals surface area contributed by atoms with Gasteiger partial charge >= 0.3 is 5.76 Å². The largest absolute Gasteiger partial charge is 0.489 e. The summed E-state index contributed by atoms with van der Waals surface area (Å²) in [4.78, 5) is 12.1. The van der Waals surface area contributed by atoms with Gasteiger partial charge in [-0.3, -0.25) is 0 Å². The van der Waals surface area contributed by atoms with Crippen LogP contribution in [0.15, 0.2) is 21.3 Å². The molecule has 1 aromatic heterocycles. The minimum Gasteiger partial charge on any atom is -0.489 e. The van der Waals surface area contributed by atoms with Crippen LogP contribution in [0, 0.1) is 5.82 Å². The van der Waals surface area contributed by atoms with Crippen molar-refractivity contribution < 1.29 is 17.9 Å². The topological polar surface area (TPSA) is 44.4 Å². The summed E-state index contributed by atoms with van der Waals surface area (Å²) in [5.74, 6) is -1.35. The van der Waals surface area contributed by atoms with Gasteiger partial charge in [-0.1, -0.05) is 44.0 Å². The molecule has 1 aromatic carbocycles. The van der Waals surface area contributed by atoms with Crippen LogP contribution in [0.2, 0.25) is 10.2 Å². The van der Waals surface area contributed by atoms with E-state index < -0.39 is 23.7 Å². The number of nitrogens with zero attached hydrogens (tertiary/aromatic N) is 1. The summed E-state index contributed by atoms with van der Waals surface area (Å²) in [5, 5.41) is -0.0800. The number of oxazole rings is 1. The second-order valence-electron chi connectivity index (χ2n) is 5.84. The third-order valence-electron chi connectivity index (χ3n) is 3.01. The number of halogens is 4. The maximum Gasteiger partial charge on any atom is 0.425 e. The Morgan fingerprint density at radius 1 is 1.30 bits per heavy atom. The van der Waals surface area contributed by atoms with Gasteiger partial charge in [0, 0.05) is 11.5 Å². The molecule has 2 rings (SSSR count). The van der Waals surface area contributed by atoms with Gasteiger partial charge < -0.3 is 9.15 Å². The van der Waals surface area contributed by atoms with E-state index in [0.29, 0.717) is 0 Å². The molecule has 23 heavy (non-hydrogen) atoms. The molecule has 0 aliphatic heterocycles. The molecular formula is C15H15Cl2F2NO3. The summed E-state index contributed by atoms with van der Waals surface area (Å²) in [6.07, 6.45) is 0. The molecule has 0 spiro atoms. The minimum atomic E-state index is -0.836. The number of hydrogen-bond acceptors (Lipinski definition) is 3. The van der Waals surface area contributed by atoms with E-state index in [9.17, 15) is 13.6 Å². The second kappa shape index (κ2) is 6.53. The van der Waals surface area contributed by atoms with Gasteiger partial charge in [-0.2, -0.15) is 0 Å². The second-order valence-corrected chi connectivity index (χ2v) is 6.61. The van der Waals surface area contributed by atoms with Crippen molar-refractivity contribution in [2.24, 2.45) is 0 Å². The zero-order valence-electron chi connectivity index (χ0n) is 12.8. The van der Waals surface area contributed by atoms with E-state index in [1.54, 1.807) is 20.8 Å². The van der Waals surface area contributed by atoms with E-state index in [1.807, 2.05) is 0 Å². The first kappa shape index (κ1) is 17.8. The van der Waals surface area contributed by atoms with Gasteiger partial charge in [0.25, 0.3) is 0 Å². The Morgan fingerprint density at radius 2 is 1.96 bits per heavy atom. The lowest BCUT2D eigenvalue weighted by Crippen LogP contribution is -2.14. The first-order chi connectivity index (χ1) is 10.7. The highest BCUT2D eigenvalue weighted by atomic mass is 35.5. The number of alkyl halides is 1. The van der Waals surface area contributed by atoms with E-state index in [0.717, 1.165) is 10.6 Å². The Kier molecular flexibility index (Phi) is 5.06. The highest BCUT2D eigenvalue weighted by Gasteiger charge is 2.28. The summed E-state index contributed by atoms with van der Waals surface area (Å²) in [7, 11) is 0. The van der Waals surface area contributed by atoms with Crippen molar-refractivity contribution in [1.82, 2.24) is 4.57 Å². The van der Waals surface area contributed by atoms with E-state index in [4.69, 9.17) is 32.4 Å². The van der Waals surface area contributed by atoms with Crippen LogP contribution in [-0.4, -0.2) is 17.8 Å². The molecule has 1 heterocycles. The van der Waals surface area contributed by atoms with Crippen LogP contribution in [0.1, 0.15) is 26.5 Å². The quantitative estimate of drug-likeness (QED) is 0.799. The SMILES string of the molecule is CC(C)(C)c1oc(=O)n(-c2cc(OCCF)c(Cl)cc2F)c1Cl. The normalized spacial score (nSPS) is 11.8. The van der Waals surface area contributed by atoms with Crippen molar-refractivity contribution in [3.63, 3.8) is 0 Å². The number of benzene rings is 1. The van der Waals surface area contributed by atoms with Crippen LogP contribution in [0.25, 0.3) is 5.69 Å². The Balaban J connectivity index is 2.63. The highest BCUT2D eigenvalue weighted by Crippen LogP contribution is 2.34. The number of rotatable bonds is 4. The predicted octanol–water partition coefficient (Wildman–Crippen LogP) is 4.52. The van der Waals surface area contributed by atoms with Crippen LogP contribution < -0.4 is 10.5 Å². The lowest BCUT2D eigenvalue weighted by atomic mass is 9.94. The lowest BCUT2D eigenvalue weighted by molar-refractivity contribution is 0.273. The van der Waals surface area contributed by atoms with Crippen molar-refractivity contribution in [1.29, 1.82) is 0 Å². The van der Waals surface area contributed by atoms with Gasteiger partial charge in [-0.15, -0.1) is 0 Å². The standard InChI is InChI=1S/C15H15Cl2F2NO3/c1-15(2,3)12-13(17)20(14(21)23-12)10-7-11(22-5-4-18)8(16)6-9(10)19/h6-7H,4-5H2,1-3H3. The van der Waals surface area contributed by atoms with E-state index in [-0.39, 0.29) is 34.0 Å². The van der Waals surface area contributed by atoms with Gasteiger partial charge in [0.15, 0.2) is 10.9 Å². The Bertz CT molecular complexity index is 778. The summed E-state index contributed by atoms with van der Waals surface area (Å²) >= 11 is 12.0. The van der Waals surface area contributed by atoms with Crippen molar-refractivity contribution in [3.05, 3.63) is 44.4 Å². The highest BCUT2D eigenvalue weighted by molar-refractivity contribution is 6.32. The Hall–Kier alpha value is -1.53. The smallest absolute Gasteiger partial charge is 0.425 e. The molecule has 0 unspecified atom stereocenters. The summed E-state index contributed by atoms with van der Waals surface area (Å²) in [5.41, 5.74) is -0.727. The molecule has 0 atom stereocenters. The number of aromatic nitrogens is 1. The molecule has 0 amide bonds. The van der Waals surface area contributed by atoms with Crippen molar-refractivity contribution in [2.75, 3.05) is 13.3 Å². The number of ether oxygens (including phenoxy) is 1. The molecule has 8 heteroatoms. The third-order valence-corrected chi connectivity index (χ3v) is 3.65. The van der Waals surface area contributed by atoms with Gasteiger partial charge in [0.2, 0.25) is 0 Å². The fourth-order valence-electron chi connectivity index (χ4n) is 1.97. The van der Waals surface area contributed by atoms with Crippen LogP contribution in [0.5, 0.6) is 5.75 Å². The van der Waals surface area contributed by atoms with Crippen LogP contribution in [-0.2, 0) is 5.41 Å². The molecule has 0 fully saturated rings. The molecule has 126 valence electrons. The molecule has 0 aliphatic rings. The molecular weight excluding hydrogens is 351 g/mol. The zero-order valence-corrected chi connectivity index (χ0v) is 14.3. The van der Waals surface area contributed by atoms with Gasteiger partial charge in [-0.05, 0) is 6.07 Å². The summed E-state index contributed by atoms with van der Waals surface area (Å²) in [6.45, 7) is 4.43. The molecule has 0 N–H and O–H groups in total. The molecule has 0 bridgehead atoms. The molecule has 0 saturated heterocycles. The zero-order chi connectivity index (χ0) is 17.4. The molecule has 0 saturated carbocycles. The number of hydrogen-bond donors (Lipinski definition) is 0. The van der Waals surface area contributed by atoms with Crippen LogP contribution in [0.4, 0.5) is 8.78 Å². The van der Waals surface area contributed by atoms with Crippen molar-refractivity contribution in [2.45, 2.75) is 26.2 Å². The average Bonchev–Trinajstić information content (AvgIpc) is 2.74. The van der Waals surface area contributed by atoms with Gasteiger partial charge in [0.05, 0.1) is 10.7 Å². The maximum atomic E-state index is 14.2. The van der Waals surface area contributed by atoms with E-state index >= 15 is 0 Å².